The average molecular weight is 593 g/mol. The Morgan fingerprint density at radius 3 is 2.61 bits per heavy atom. The zero-order chi connectivity index (χ0) is 23.4. The predicted octanol–water partition coefficient (Wildman–Crippen LogP) is 6.96. The number of nitrogens with zero attached hydrogens (tertiary/aromatic N) is 1. The van der Waals surface area contributed by atoms with E-state index in [0.29, 0.717) is 34.3 Å². The highest BCUT2D eigenvalue weighted by Crippen LogP contribution is 2.36. The SMILES string of the molecule is COc1cc(/C=N/NC(=O)c2cc3cc(Br)ccc3o2)cc(Cl)c1OCc1ccc(Br)cc1. The lowest BCUT2D eigenvalue weighted by molar-refractivity contribution is 0.0929. The van der Waals surface area contributed by atoms with Gasteiger partial charge in [0.15, 0.2) is 17.3 Å². The molecule has 3 aromatic carbocycles. The molecule has 1 N–H and O–H groups in total. The molecule has 0 bridgehead atoms. The minimum atomic E-state index is -0.467. The summed E-state index contributed by atoms with van der Waals surface area (Å²) in [6.07, 6.45) is 1.46. The molecule has 9 heteroatoms. The van der Waals surface area contributed by atoms with Crippen molar-refractivity contribution in [3.63, 3.8) is 0 Å². The molecule has 0 radical (unpaired) electrons. The third-order valence-corrected chi connectivity index (χ3v) is 5.93. The minimum Gasteiger partial charge on any atom is -0.493 e. The van der Waals surface area contributed by atoms with Crippen molar-refractivity contribution in [1.29, 1.82) is 0 Å². The molecule has 1 amide bonds. The Labute approximate surface area is 211 Å². The van der Waals surface area contributed by atoms with Gasteiger partial charge in [0.05, 0.1) is 18.3 Å². The van der Waals surface area contributed by atoms with Gasteiger partial charge < -0.3 is 13.9 Å². The maximum atomic E-state index is 12.4. The Bertz CT molecular complexity index is 1340. The maximum Gasteiger partial charge on any atom is 0.307 e. The van der Waals surface area contributed by atoms with Crippen LogP contribution in [0.1, 0.15) is 21.7 Å². The van der Waals surface area contributed by atoms with E-state index < -0.39 is 5.91 Å². The van der Waals surface area contributed by atoms with Crippen molar-refractivity contribution >= 4 is 66.6 Å². The van der Waals surface area contributed by atoms with E-state index in [1.807, 2.05) is 36.4 Å². The summed E-state index contributed by atoms with van der Waals surface area (Å²) < 4.78 is 18.8. The van der Waals surface area contributed by atoms with Crippen molar-refractivity contribution in [2.75, 3.05) is 7.11 Å². The fraction of sp³-hybridized carbons (Fsp3) is 0.0833. The number of benzene rings is 3. The highest BCUT2D eigenvalue weighted by molar-refractivity contribution is 9.10. The van der Waals surface area contributed by atoms with E-state index in [0.717, 1.165) is 19.9 Å². The summed E-state index contributed by atoms with van der Waals surface area (Å²) in [4.78, 5) is 12.4. The summed E-state index contributed by atoms with van der Waals surface area (Å²) in [5.41, 5.74) is 4.68. The number of halogens is 3. The first-order valence-corrected chi connectivity index (χ1v) is 11.7. The first-order chi connectivity index (χ1) is 15.9. The normalized spacial score (nSPS) is 11.2. The Kier molecular flexibility index (Phi) is 7.37. The Morgan fingerprint density at radius 2 is 1.85 bits per heavy atom. The molecule has 0 unspecified atom stereocenters. The summed E-state index contributed by atoms with van der Waals surface area (Å²) >= 11 is 13.2. The van der Waals surface area contributed by atoms with Gasteiger partial charge in [-0.25, -0.2) is 5.43 Å². The van der Waals surface area contributed by atoms with Crippen molar-refractivity contribution < 1.29 is 18.7 Å². The second-order valence-corrected chi connectivity index (χ2v) is 9.18. The molecule has 168 valence electrons. The van der Waals surface area contributed by atoms with E-state index in [-0.39, 0.29) is 5.76 Å². The van der Waals surface area contributed by atoms with E-state index in [1.165, 1.54) is 13.3 Å². The van der Waals surface area contributed by atoms with Gasteiger partial charge >= 0.3 is 5.91 Å². The number of hydrogen-bond donors (Lipinski definition) is 1. The standard InChI is InChI=1S/C24H17Br2ClN2O4/c1-31-21-9-15(8-19(27)23(21)32-13-14-2-4-17(25)5-3-14)12-28-29-24(30)22-11-16-10-18(26)6-7-20(16)33-22/h2-12H,13H2,1H3,(H,29,30)/b28-12+. The van der Waals surface area contributed by atoms with Gasteiger partial charge in [-0.15, -0.1) is 0 Å². The van der Waals surface area contributed by atoms with Crippen LogP contribution in [0, 0.1) is 0 Å². The highest BCUT2D eigenvalue weighted by atomic mass is 79.9. The van der Waals surface area contributed by atoms with Crippen molar-refractivity contribution in [3.8, 4) is 11.5 Å². The number of furan rings is 1. The van der Waals surface area contributed by atoms with E-state index in [1.54, 1.807) is 24.3 Å². The number of carbonyl (C=O) groups excluding carboxylic acids is 1. The molecule has 33 heavy (non-hydrogen) atoms. The van der Waals surface area contributed by atoms with Gasteiger partial charge in [-0.3, -0.25) is 4.79 Å². The topological polar surface area (TPSA) is 73.1 Å². The molecule has 0 aliphatic heterocycles. The van der Waals surface area contributed by atoms with Crippen LogP contribution in [-0.2, 0) is 6.61 Å². The maximum absolute atomic E-state index is 12.4. The Hall–Kier alpha value is -2.81. The summed E-state index contributed by atoms with van der Waals surface area (Å²) in [5, 5.41) is 5.18. The van der Waals surface area contributed by atoms with Crippen LogP contribution in [0.5, 0.6) is 11.5 Å². The predicted molar refractivity (Wildman–Crippen MR) is 135 cm³/mol. The van der Waals surface area contributed by atoms with Crippen molar-refractivity contribution in [2.45, 2.75) is 6.61 Å². The van der Waals surface area contributed by atoms with E-state index in [2.05, 4.69) is 42.4 Å². The second-order valence-electron chi connectivity index (χ2n) is 6.94. The molecule has 1 heterocycles. The van der Waals surface area contributed by atoms with Gasteiger partial charge in [0.25, 0.3) is 0 Å². The zero-order valence-corrected chi connectivity index (χ0v) is 21.2. The van der Waals surface area contributed by atoms with Crippen LogP contribution in [0.15, 0.2) is 79.1 Å². The Balaban J connectivity index is 1.44. The highest BCUT2D eigenvalue weighted by Gasteiger charge is 2.13. The molecular weight excluding hydrogens is 576 g/mol. The number of amides is 1. The lowest BCUT2D eigenvalue weighted by Crippen LogP contribution is -2.16. The summed E-state index contributed by atoms with van der Waals surface area (Å²) in [6.45, 7) is 0.334. The smallest absolute Gasteiger partial charge is 0.307 e. The summed E-state index contributed by atoms with van der Waals surface area (Å²) in [6, 6.07) is 18.3. The van der Waals surface area contributed by atoms with E-state index in [4.69, 9.17) is 25.5 Å². The fourth-order valence-corrected chi connectivity index (χ4v) is 3.95. The van der Waals surface area contributed by atoms with Crippen LogP contribution in [0.2, 0.25) is 5.02 Å². The zero-order valence-electron chi connectivity index (χ0n) is 17.3. The van der Waals surface area contributed by atoms with E-state index in [9.17, 15) is 4.79 Å². The van der Waals surface area contributed by atoms with Crippen LogP contribution in [0.4, 0.5) is 0 Å². The lowest BCUT2D eigenvalue weighted by atomic mass is 10.2. The number of hydrogen-bond acceptors (Lipinski definition) is 5. The average Bonchev–Trinajstić information content (AvgIpc) is 3.22. The van der Waals surface area contributed by atoms with Crippen LogP contribution >= 0.6 is 43.5 Å². The first kappa shape index (κ1) is 23.4. The monoisotopic (exact) mass is 590 g/mol. The molecule has 0 spiro atoms. The Morgan fingerprint density at radius 1 is 1.09 bits per heavy atom. The van der Waals surface area contributed by atoms with Crippen LogP contribution in [0.3, 0.4) is 0 Å². The van der Waals surface area contributed by atoms with Crippen molar-refractivity contribution in [2.24, 2.45) is 5.10 Å². The van der Waals surface area contributed by atoms with Crippen LogP contribution in [-0.4, -0.2) is 19.2 Å². The first-order valence-electron chi connectivity index (χ1n) is 9.70. The minimum absolute atomic E-state index is 0.160. The molecule has 0 saturated carbocycles. The lowest BCUT2D eigenvalue weighted by Gasteiger charge is -2.13. The van der Waals surface area contributed by atoms with Gasteiger partial charge in [0.2, 0.25) is 0 Å². The van der Waals surface area contributed by atoms with Gasteiger partial charge in [-0.1, -0.05) is 55.6 Å². The number of fused-ring (bicyclic) bond motifs is 1. The third kappa shape index (κ3) is 5.76. The van der Waals surface area contributed by atoms with Gasteiger partial charge in [-0.05, 0) is 59.7 Å². The summed E-state index contributed by atoms with van der Waals surface area (Å²) in [7, 11) is 1.53. The van der Waals surface area contributed by atoms with Crippen LogP contribution < -0.4 is 14.9 Å². The molecule has 0 aliphatic rings. The number of methoxy groups -OCH3 is 1. The van der Waals surface area contributed by atoms with Crippen molar-refractivity contribution in [1.82, 2.24) is 5.43 Å². The van der Waals surface area contributed by atoms with E-state index >= 15 is 0 Å². The molecule has 0 aliphatic carbocycles. The molecule has 0 saturated heterocycles. The molecule has 6 nitrogen and oxygen atoms in total. The second kappa shape index (κ2) is 10.4. The van der Waals surface area contributed by atoms with Crippen molar-refractivity contribution in [3.05, 3.63) is 91.5 Å². The number of ether oxygens (including phenoxy) is 2. The number of carbonyl (C=O) groups is 1. The molecule has 0 fully saturated rings. The fourth-order valence-electron chi connectivity index (χ4n) is 3.04. The number of nitrogens with one attached hydrogen (secondary N) is 1. The van der Waals surface area contributed by atoms with Gasteiger partial charge in [0.1, 0.15) is 12.2 Å². The quantitative estimate of drug-likeness (QED) is 0.186. The van der Waals surface area contributed by atoms with Gasteiger partial charge in [-0.2, -0.15) is 5.10 Å². The number of hydrazone groups is 1. The number of rotatable bonds is 7. The molecular formula is C24H17Br2ClN2O4. The molecule has 4 rings (SSSR count). The molecule has 4 aromatic rings. The largest absolute Gasteiger partial charge is 0.493 e. The summed E-state index contributed by atoms with van der Waals surface area (Å²) in [5.74, 6) is 0.575. The molecule has 0 atom stereocenters. The van der Waals surface area contributed by atoms with Gasteiger partial charge in [0, 0.05) is 14.3 Å². The molecule has 1 aromatic heterocycles. The third-order valence-electron chi connectivity index (χ3n) is 4.63. The van der Waals surface area contributed by atoms with Crippen LogP contribution in [0.25, 0.3) is 11.0 Å².